The van der Waals surface area contributed by atoms with Gasteiger partial charge in [0.1, 0.15) is 22.6 Å². The van der Waals surface area contributed by atoms with Crippen molar-refractivity contribution in [1.82, 2.24) is 0 Å². The maximum atomic E-state index is 11.1. The molecule has 0 spiro atoms. The molecule has 0 bridgehead atoms. The van der Waals surface area contributed by atoms with Crippen molar-refractivity contribution in [2.45, 2.75) is 51.1 Å². The Hall–Kier alpha value is -3.29. The lowest BCUT2D eigenvalue weighted by Crippen LogP contribution is -2.44. The standard InChI is InChI=1S/C26H36N2O7Si2/c1-36(2,15-7-13-27-17-19-9-5-11-21(23(19)29)25(31)32)35-37(3,4)16-8-14-28-18-20-10-6-12-22(24(20)30)26(33)34/h5-6,9-12,17-18,29-30H,7-8,13-16H2,1-4H3,(H,31,32)(H,33,34). The third-order valence-corrected chi connectivity index (χ3v) is 13.3. The summed E-state index contributed by atoms with van der Waals surface area (Å²) in [5.41, 5.74) is 0.478. The molecule has 0 amide bonds. The molecule has 0 aliphatic rings. The molecule has 0 heterocycles. The molecule has 0 saturated heterocycles. The van der Waals surface area contributed by atoms with Gasteiger partial charge in [-0.3, -0.25) is 9.98 Å². The van der Waals surface area contributed by atoms with Crippen LogP contribution in [-0.4, -0.2) is 74.5 Å². The van der Waals surface area contributed by atoms with Crippen LogP contribution in [0.3, 0.4) is 0 Å². The van der Waals surface area contributed by atoms with Crippen molar-refractivity contribution in [3.05, 3.63) is 58.7 Å². The molecule has 0 atom stereocenters. The van der Waals surface area contributed by atoms with Gasteiger partial charge >= 0.3 is 11.9 Å². The summed E-state index contributed by atoms with van der Waals surface area (Å²) < 4.78 is 6.64. The van der Waals surface area contributed by atoms with E-state index < -0.39 is 28.6 Å². The Morgan fingerprint density at radius 2 is 1.14 bits per heavy atom. The average Bonchev–Trinajstić information content (AvgIpc) is 2.79. The van der Waals surface area contributed by atoms with Gasteiger partial charge in [0, 0.05) is 36.6 Å². The number of carboxylic acids is 2. The van der Waals surface area contributed by atoms with Gasteiger partial charge in [0.25, 0.3) is 0 Å². The van der Waals surface area contributed by atoms with Crippen LogP contribution in [0.1, 0.15) is 44.7 Å². The molecule has 9 nitrogen and oxygen atoms in total. The lowest BCUT2D eigenvalue weighted by atomic mass is 10.1. The smallest absolute Gasteiger partial charge is 0.339 e. The molecule has 0 aliphatic carbocycles. The monoisotopic (exact) mass is 544 g/mol. The highest BCUT2D eigenvalue weighted by molar-refractivity contribution is 6.84. The molecule has 2 rings (SSSR count). The van der Waals surface area contributed by atoms with E-state index in [1.807, 2.05) is 0 Å². The highest BCUT2D eigenvalue weighted by Crippen LogP contribution is 2.25. The minimum absolute atomic E-state index is 0.144. The molecule has 0 aliphatic heterocycles. The van der Waals surface area contributed by atoms with E-state index >= 15 is 0 Å². The summed E-state index contributed by atoms with van der Waals surface area (Å²) in [5.74, 6) is -2.92. The van der Waals surface area contributed by atoms with Crippen molar-refractivity contribution < 1.29 is 34.1 Å². The van der Waals surface area contributed by atoms with Crippen molar-refractivity contribution in [2.24, 2.45) is 9.98 Å². The van der Waals surface area contributed by atoms with Gasteiger partial charge in [-0.2, -0.15) is 0 Å². The van der Waals surface area contributed by atoms with Crippen LogP contribution >= 0.6 is 0 Å². The van der Waals surface area contributed by atoms with Crippen LogP contribution in [0.2, 0.25) is 38.3 Å². The molecule has 2 aromatic carbocycles. The van der Waals surface area contributed by atoms with Crippen molar-refractivity contribution in [3.63, 3.8) is 0 Å². The van der Waals surface area contributed by atoms with E-state index in [-0.39, 0.29) is 22.6 Å². The lowest BCUT2D eigenvalue weighted by molar-refractivity contribution is 0.0682. The van der Waals surface area contributed by atoms with E-state index in [2.05, 4.69) is 36.2 Å². The molecular formula is C26H36N2O7Si2. The summed E-state index contributed by atoms with van der Waals surface area (Å²) in [6.07, 6.45) is 4.69. The number of aromatic carboxylic acids is 2. The number of aromatic hydroxyl groups is 2. The second-order valence-electron chi connectivity index (χ2n) is 10.00. The van der Waals surface area contributed by atoms with Crippen molar-refractivity contribution in [1.29, 1.82) is 0 Å². The normalized spacial score (nSPS) is 12.4. The van der Waals surface area contributed by atoms with Gasteiger partial charge in [0.2, 0.25) is 0 Å². The topological polar surface area (TPSA) is 149 Å². The Kier molecular flexibility index (Phi) is 10.8. The fraction of sp³-hybridized carbons (Fsp3) is 0.385. The van der Waals surface area contributed by atoms with E-state index in [0.717, 1.165) is 24.9 Å². The summed E-state index contributed by atoms with van der Waals surface area (Å²) in [6, 6.07) is 11.0. The number of benzene rings is 2. The van der Waals surface area contributed by atoms with E-state index in [1.54, 1.807) is 24.3 Å². The van der Waals surface area contributed by atoms with Crippen LogP contribution in [0, 0.1) is 0 Å². The first kappa shape index (κ1) is 29.9. The zero-order valence-electron chi connectivity index (χ0n) is 21.8. The Labute approximate surface area is 219 Å². The average molecular weight is 545 g/mol. The molecule has 0 fully saturated rings. The van der Waals surface area contributed by atoms with Crippen LogP contribution in [-0.2, 0) is 4.12 Å². The number of para-hydroxylation sites is 2. The van der Waals surface area contributed by atoms with Crippen molar-refractivity contribution in [2.75, 3.05) is 13.1 Å². The van der Waals surface area contributed by atoms with Crippen molar-refractivity contribution in [3.8, 4) is 11.5 Å². The summed E-state index contributed by atoms with van der Waals surface area (Å²) in [4.78, 5) is 31.0. The molecule has 37 heavy (non-hydrogen) atoms. The van der Waals surface area contributed by atoms with Crippen LogP contribution in [0.5, 0.6) is 11.5 Å². The Balaban J connectivity index is 1.78. The van der Waals surface area contributed by atoms with Gasteiger partial charge in [0.15, 0.2) is 16.6 Å². The van der Waals surface area contributed by atoms with E-state index in [9.17, 15) is 19.8 Å². The molecule has 200 valence electrons. The maximum Gasteiger partial charge on any atom is 0.339 e. The molecule has 2 aromatic rings. The van der Waals surface area contributed by atoms with Gasteiger partial charge in [-0.25, -0.2) is 9.59 Å². The van der Waals surface area contributed by atoms with Crippen LogP contribution in [0.25, 0.3) is 0 Å². The first-order valence-electron chi connectivity index (χ1n) is 12.1. The molecule has 0 unspecified atom stereocenters. The number of hydrogen-bond acceptors (Lipinski definition) is 7. The summed E-state index contributed by atoms with van der Waals surface area (Å²) >= 11 is 0. The van der Waals surface area contributed by atoms with Gasteiger partial charge in [-0.1, -0.05) is 12.1 Å². The number of hydrogen-bond donors (Lipinski definition) is 4. The minimum Gasteiger partial charge on any atom is -0.506 e. The lowest BCUT2D eigenvalue weighted by Gasteiger charge is -2.34. The zero-order valence-corrected chi connectivity index (χ0v) is 23.8. The quantitative estimate of drug-likeness (QED) is 0.144. The SMILES string of the molecule is C[Si](C)(CCCN=Cc1cccc(C(=O)O)c1O)O[Si](C)(C)CCCN=Cc1cccc(C(=O)O)c1O. The number of rotatable bonds is 14. The molecule has 0 saturated carbocycles. The Morgan fingerprint density at radius 1 is 0.757 bits per heavy atom. The summed E-state index contributed by atoms with van der Waals surface area (Å²) in [5, 5.41) is 38.3. The largest absolute Gasteiger partial charge is 0.506 e. The third kappa shape index (κ3) is 9.59. The van der Waals surface area contributed by atoms with E-state index in [0.29, 0.717) is 24.2 Å². The van der Waals surface area contributed by atoms with Crippen LogP contribution < -0.4 is 0 Å². The maximum absolute atomic E-state index is 11.1. The zero-order chi connectivity index (χ0) is 27.6. The predicted molar refractivity (Wildman–Crippen MR) is 150 cm³/mol. The second-order valence-corrected chi connectivity index (χ2v) is 18.9. The molecule has 11 heteroatoms. The first-order chi connectivity index (χ1) is 17.3. The number of aliphatic imine (C=N–C) groups is 2. The molecular weight excluding hydrogens is 508 g/mol. The molecule has 4 N–H and O–H groups in total. The molecule has 0 aromatic heterocycles. The van der Waals surface area contributed by atoms with Crippen molar-refractivity contribution >= 4 is 41.0 Å². The highest BCUT2D eigenvalue weighted by Gasteiger charge is 2.32. The first-order valence-corrected chi connectivity index (χ1v) is 18.4. The van der Waals surface area contributed by atoms with Gasteiger partial charge in [-0.05, 0) is 75.4 Å². The number of phenols is 2. The minimum atomic E-state index is -1.91. The fourth-order valence-corrected chi connectivity index (χ4v) is 12.9. The number of carboxylic acid groups (broad SMARTS) is 2. The second kappa shape index (κ2) is 13.3. The van der Waals surface area contributed by atoms with Gasteiger partial charge < -0.3 is 24.5 Å². The fourth-order valence-electron chi connectivity index (χ4n) is 4.04. The Morgan fingerprint density at radius 3 is 1.49 bits per heavy atom. The summed E-state index contributed by atoms with van der Waals surface area (Å²) in [6.45, 7) is 9.91. The highest BCUT2D eigenvalue weighted by atomic mass is 28.4. The van der Waals surface area contributed by atoms with Gasteiger partial charge in [-0.15, -0.1) is 0 Å². The van der Waals surface area contributed by atoms with Gasteiger partial charge in [0.05, 0.1) is 0 Å². The number of nitrogens with zero attached hydrogens (tertiary/aromatic N) is 2. The summed E-state index contributed by atoms with van der Waals surface area (Å²) in [7, 11) is -3.83. The third-order valence-electron chi connectivity index (χ3n) is 5.74. The van der Waals surface area contributed by atoms with Crippen LogP contribution in [0.4, 0.5) is 0 Å². The number of carbonyl (C=O) groups is 2. The van der Waals surface area contributed by atoms with E-state index in [4.69, 9.17) is 14.3 Å². The predicted octanol–water partition coefficient (Wildman–Crippen LogP) is 5.24. The van der Waals surface area contributed by atoms with Crippen LogP contribution in [0.15, 0.2) is 46.4 Å². The molecule has 0 radical (unpaired) electrons. The van der Waals surface area contributed by atoms with E-state index in [1.165, 1.54) is 24.6 Å². The Bertz CT molecular complexity index is 1070.